The van der Waals surface area contributed by atoms with E-state index in [2.05, 4.69) is 0 Å². The maximum absolute atomic E-state index is 11.9. The molecule has 1 N–H and O–H groups in total. The van der Waals surface area contributed by atoms with E-state index in [-0.39, 0.29) is 0 Å². The fourth-order valence-electron chi connectivity index (χ4n) is 2.10. The number of anilines is 1. The molecule has 0 aliphatic carbocycles. The maximum Gasteiger partial charge on any atom is 0.242 e. The number of carbonyl (C=O) groups excluding carboxylic acids is 1. The van der Waals surface area contributed by atoms with Crippen LogP contribution >= 0.6 is 0 Å². The summed E-state index contributed by atoms with van der Waals surface area (Å²) in [6.45, 7) is 0.340. The summed E-state index contributed by atoms with van der Waals surface area (Å²) in [5.74, 6) is -0.950. The molecule has 0 spiro atoms. The van der Waals surface area contributed by atoms with Gasteiger partial charge in [0.25, 0.3) is 0 Å². The number of fused-ring (bicyclic) bond motifs is 1. The second kappa shape index (κ2) is 4.70. The standard InChI is InChI=1S/C12H15NO4S/c1-18(16,17)8-12(15)13-7-6-11(14)9-4-2-3-5-10(9)13/h2-5,11,14H,6-8H2,1H3. The number of aliphatic hydroxyl groups excluding tert-OH is 1. The highest BCUT2D eigenvalue weighted by atomic mass is 32.2. The Kier molecular flexibility index (Phi) is 3.41. The van der Waals surface area contributed by atoms with Crippen LogP contribution < -0.4 is 4.90 Å². The lowest BCUT2D eigenvalue weighted by Gasteiger charge is -2.32. The van der Waals surface area contributed by atoms with Gasteiger partial charge in [0.2, 0.25) is 5.91 Å². The molecule has 1 atom stereocenters. The summed E-state index contributed by atoms with van der Waals surface area (Å²) in [6, 6.07) is 7.02. The number of sulfone groups is 1. The van der Waals surface area contributed by atoms with Crippen LogP contribution in [0.3, 0.4) is 0 Å². The van der Waals surface area contributed by atoms with E-state index in [4.69, 9.17) is 0 Å². The average Bonchev–Trinajstić information content (AvgIpc) is 2.27. The molecular weight excluding hydrogens is 254 g/mol. The van der Waals surface area contributed by atoms with Crippen LogP contribution in [0.1, 0.15) is 18.1 Å². The van der Waals surface area contributed by atoms with Gasteiger partial charge in [-0.15, -0.1) is 0 Å². The van der Waals surface area contributed by atoms with Crippen molar-refractivity contribution in [3.8, 4) is 0 Å². The van der Waals surface area contributed by atoms with Crippen molar-refractivity contribution >= 4 is 21.4 Å². The van der Waals surface area contributed by atoms with Gasteiger partial charge in [0, 0.05) is 24.1 Å². The molecule has 0 bridgehead atoms. The highest BCUT2D eigenvalue weighted by Crippen LogP contribution is 2.33. The van der Waals surface area contributed by atoms with Crippen LogP contribution in [0.2, 0.25) is 0 Å². The van der Waals surface area contributed by atoms with Gasteiger partial charge in [0.1, 0.15) is 5.75 Å². The Bertz CT molecular complexity index is 567. The number of rotatable bonds is 2. The van der Waals surface area contributed by atoms with Crippen molar-refractivity contribution in [2.24, 2.45) is 0 Å². The Balaban J connectivity index is 2.32. The maximum atomic E-state index is 11.9. The van der Waals surface area contributed by atoms with Gasteiger partial charge in [-0.25, -0.2) is 8.42 Å². The molecule has 1 aliphatic heterocycles. The zero-order valence-electron chi connectivity index (χ0n) is 10.0. The number of nitrogens with zero attached hydrogens (tertiary/aromatic N) is 1. The smallest absolute Gasteiger partial charge is 0.242 e. The molecule has 5 nitrogen and oxygen atoms in total. The molecule has 1 unspecified atom stereocenters. The molecule has 0 aromatic heterocycles. The largest absolute Gasteiger partial charge is 0.388 e. The summed E-state index contributed by atoms with van der Waals surface area (Å²) in [6.07, 6.45) is 0.866. The summed E-state index contributed by atoms with van der Waals surface area (Å²) in [5.41, 5.74) is 1.27. The van der Waals surface area contributed by atoms with Gasteiger partial charge < -0.3 is 10.0 Å². The van der Waals surface area contributed by atoms with Crippen LogP contribution in [0.5, 0.6) is 0 Å². The lowest BCUT2D eigenvalue weighted by Crippen LogP contribution is -2.40. The molecule has 0 saturated carbocycles. The minimum absolute atomic E-state index is 0.340. The summed E-state index contributed by atoms with van der Waals surface area (Å²) in [4.78, 5) is 13.4. The van der Waals surface area contributed by atoms with Gasteiger partial charge in [0.05, 0.1) is 6.10 Å². The first kappa shape index (κ1) is 13.0. The minimum atomic E-state index is -3.34. The van der Waals surface area contributed by atoms with Crippen molar-refractivity contribution in [3.05, 3.63) is 29.8 Å². The number of hydrogen-bond acceptors (Lipinski definition) is 4. The van der Waals surface area contributed by atoms with Crippen molar-refractivity contribution in [1.82, 2.24) is 0 Å². The van der Waals surface area contributed by atoms with Crippen molar-refractivity contribution in [1.29, 1.82) is 0 Å². The molecule has 98 valence electrons. The third-order valence-electron chi connectivity index (χ3n) is 2.90. The van der Waals surface area contributed by atoms with E-state index in [1.54, 1.807) is 24.3 Å². The van der Waals surface area contributed by atoms with Gasteiger partial charge >= 0.3 is 0 Å². The SMILES string of the molecule is CS(=O)(=O)CC(=O)N1CCC(O)c2ccccc21. The van der Waals surface area contributed by atoms with Crippen LogP contribution in [0.25, 0.3) is 0 Å². The van der Waals surface area contributed by atoms with Gasteiger partial charge in [-0.05, 0) is 12.5 Å². The number of benzene rings is 1. The molecule has 1 amide bonds. The Hall–Kier alpha value is -1.40. The third-order valence-corrected chi connectivity index (χ3v) is 3.67. The fraction of sp³-hybridized carbons (Fsp3) is 0.417. The third kappa shape index (κ3) is 2.70. The molecular formula is C12H15NO4S. The van der Waals surface area contributed by atoms with E-state index in [1.807, 2.05) is 0 Å². The van der Waals surface area contributed by atoms with Gasteiger partial charge in [-0.1, -0.05) is 18.2 Å². The van der Waals surface area contributed by atoms with Crippen molar-refractivity contribution < 1.29 is 18.3 Å². The highest BCUT2D eigenvalue weighted by molar-refractivity contribution is 7.91. The molecule has 18 heavy (non-hydrogen) atoms. The predicted molar refractivity (Wildman–Crippen MR) is 68.1 cm³/mol. The fourth-order valence-corrected chi connectivity index (χ4v) is 2.71. The first-order valence-electron chi connectivity index (χ1n) is 5.63. The van der Waals surface area contributed by atoms with Crippen LogP contribution in [0.15, 0.2) is 24.3 Å². The summed E-state index contributed by atoms with van der Waals surface area (Å²) < 4.78 is 22.3. The van der Waals surface area contributed by atoms with Crippen LogP contribution in [-0.4, -0.2) is 38.0 Å². The van der Waals surface area contributed by atoms with Crippen LogP contribution in [-0.2, 0) is 14.6 Å². The number of aliphatic hydroxyl groups is 1. The Morgan fingerprint density at radius 3 is 2.78 bits per heavy atom. The van der Waals surface area contributed by atoms with Crippen LogP contribution in [0, 0.1) is 0 Å². The van der Waals surface area contributed by atoms with E-state index < -0.39 is 27.6 Å². The topological polar surface area (TPSA) is 74.7 Å². The van der Waals surface area contributed by atoms with Crippen molar-refractivity contribution in [2.75, 3.05) is 23.5 Å². The molecule has 0 fully saturated rings. The number of hydrogen-bond donors (Lipinski definition) is 1. The normalized spacial score (nSPS) is 19.4. The number of carbonyl (C=O) groups is 1. The molecule has 1 heterocycles. The molecule has 1 aromatic carbocycles. The molecule has 0 radical (unpaired) electrons. The van der Waals surface area contributed by atoms with Crippen LogP contribution in [0.4, 0.5) is 5.69 Å². The summed E-state index contributed by atoms with van der Waals surface area (Å²) in [5, 5.41) is 9.84. The van der Waals surface area contributed by atoms with E-state index >= 15 is 0 Å². The summed E-state index contributed by atoms with van der Waals surface area (Å²) >= 11 is 0. The lowest BCUT2D eigenvalue weighted by molar-refractivity contribution is -0.116. The average molecular weight is 269 g/mol. The van der Waals surface area contributed by atoms with E-state index in [9.17, 15) is 18.3 Å². The zero-order valence-corrected chi connectivity index (χ0v) is 10.9. The predicted octanol–water partition coefficient (Wildman–Crippen LogP) is 0.501. The Labute approximate surface area is 106 Å². The quantitative estimate of drug-likeness (QED) is 0.848. The Morgan fingerprint density at radius 2 is 2.11 bits per heavy atom. The zero-order chi connectivity index (χ0) is 13.3. The first-order chi connectivity index (χ1) is 8.38. The molecule has 1 aliphatic rings. The Morgan fingerprint density at radius 1 is 1.44 bits per heavy atom. The minimum Gasteiger partial charge on any atom is -0.388 e. The number of amides is 1. The van der Waals surface area contributed by atoms with E-state index in [0.717, 1.165) is 6.26 Å². The molecule has 0 saturated heterocycles. The number of para-hydroxylation sites is 1. The van der Waals surface area contributed by atoms with Gasteiger partial charge in [0.15, 0.2) is 9.84 Å². The van der Waals surface area contributed by atoms with Crippen molar-refractivity contribution in [3.63, 3.8) is 0 Å². The first-order valence-corrected chi connectivity index (χ1v) is 7.69. The molecule has 6 heteroatoms. The van der Waals surface area contributed by atoms with Gasteiger partial charge in [-0.3, -0.25) is 4.79 Å². The van der Waals surface area contributed by atoms with E-state index in [0.29, 0.717) is 24.2 Å². The lowest BCUT2D eigenvalue weighted by atomic mass is 9.99. The van der Waals surface area contributed by atoms with Gasteiger partial charge in [-0.2, -0.15) is 0 Å². The highest BCUT2D eigenvalue weighted by Gasteiger charge is 2.28. The second-order valence-electron chi connectivity index (χ2n) is 4.48. The van der Waals surface area contributed by atoms with E-state index in [1.165, 1.54) is 4.90 Å². The van der Waals surface area contributed by atoms with Crippen molar-refractivity contribution in [2.45, 2.75) is 12.5 Å². The summed E-state index contributed by atoms with van der Waals surface area (Å²) in [7, 11) is -3.34. The molecule has 2 rings (SSSR count). The second-order valence-corrected chi connectivity index (χ2v) is 6.62. The monoisotopic (exact) mass is 269 g/mol. The molecule has 1 aromatic rings.